The molecule has 0 saturated carbocycles. The number of hydrogen-bond donors (Lipinski definition) is 0. The number of rotatable bonds is 6. The van der Waals surface area contributed by atoms with Gasteiger partial charge in [-0.15, -0.1) is 0 Å². The SMILES string of the molecule is CC(C)C1CCN(CCCC(=O)c2ccccc2)C1. The second-order valence-corrected chi connectivity index (χ2v) is 5.99. The number of benzene rings is 1. The van der Waals surface area contributed by atoms with Crippen LogP contribution in [0.5, 0.6) is 0 Å². The molecule has 1 aliphatic rings. The van der Waals surface area contributed by atoms with Crippen LogP contribution in [0.1, 0.15) is 43.5 Å². The van der Waals surface area contributed by atoms with E-state index >= 15 is 0 Å². The molecule has 2 nitrogen and oxygen atoms in total. The number of nitrogens with zero attached hydrogens (tertiary/aromatic N) is 1. The minimum absolute atomic E-state index is 0.278. The second kappa shape index (κ2) is 6.85. The van der Waals surface area contributed by atoms with Gasteiger partial charge in [0.15, 0.2) is 5.78 Å². The molecule has 0 radical (unpaired) electrons. The summed E-state index contributed by atoms with van der Waals surface area (Å²) in [6.45, 7) is 8.13. The first-order valence-electron chi connectivity index (χ1n) is 7.47. The van der Waals surface area contributed by atoms with E-state index in [1.165, 1.54) is 19.5 Å². The van der Waals surface area contributed by atoms with Gasteiger partial charge in [-0.05, 0) is 37.8 Å². The molecule has 0 aromatic heterocycles. The van der Waals surface area contributed by atoms with Crippen molar-refractivity contribution in [3.8, 4) is 0 Å². The zero-order valence-corrected chi connectivity index (χ0v) is 12.1. The highest BCUT2D eigenvalue weighted by atomic mass is 16.1. The van der Waals surface area contributed by atoms with E-state index in [1.54, 1.807) is 0 Å². The van der Waals surface area contributed by atoms with Gasteiger partial charge in [0.25, 0.3) is 0 Å². The van der Waals surface area contributed by atoms with E-state index in [0.717, 1.165) is 30.4 Å². The molecule has 0 amide bonds. The lowest BCUT2D eigenvalue weighted by atomic mass is 9.95. The van der Waals surface area contributed by atoms with Crippen LogP contribution in [0.15, 0.2) is 30.3 Å². The zero-order valence-electron chi connectivity index (χ0n) is 12.1. The number of carbonyl (C=O) groups is 1. The Balaban J connectivity index is 1.69. The lowest BCUT2D eigenvalue weighted by Gasteiger charge is -2.17. The van der Waals surface area contributed by atoms with E-state index in [9.17, 15) is 4.79 Å². The van der Waals surface area contributed by atoms with Crippen molar-refractivity contribution >= 4 is 5.78 Å². The molecular weight excluding hydrogens is 234 g/mol. The van der Waals surface area contributed by atoms with Gasteiger partial charge in [0.1, 0.15) is 0 Å². The highest BCUT2D eigenvalue weighted by Crippen LogP contribution is 2.23. The maximum atomic E-state index is 12.0. The van der Waals surface area contributed by atoms with Crippen LogP contribution < -0.4 is 0 Å². The van der Waals surface area contributed by atoms with Crippen molar-refractivity contribution in [2.24, 2.45) is 11.8 Å². The van der Waals surface area contributed by atoms with Gasteiger partial charge in [0.05, 0.1) is 0 Å². The van der Waals surface area contributed by atoms with E-state index in [-0.39, 0.29) is 5.78 Å². The van der Waals surface area contributed by atoms with E-state index in [0.29, 0.717) is 6.42 Å². The van der Waals surface area contributed by atoms with Crippen LogP contribution in [0.4, 0.5) is 0 Å². The molecule has 1 aromatic carbocycles. The van der Waals surface area contributed by atoms with Crippen molar-refractivity contribution in [1.29, 1.82) is 0 Å². The summed E-state index contributed by atoms with van der Waals surface area (Å²) in [6.07, 6.45) is 2.98. The average Bonchev–Trinajstić information content (AvgIpc) is 2.89. The van der Waals surface area contributed by atoms with E-state index < -0.39 is 0 Å². The van der Waals surface area contributed by atoms with Gasteiger partial charge in [-0.1, -0.05) is 44.2 Å². The smallest absolute Gasteiger partial charge is 0.162 e. The molecule has 1 fully saturated rings. The lowest BCUT2D eigenvalue weighted by Crippen LogP contribution is -2.23. The zero-order chi connectivity index (χ0) is 13.7. The van der Waals surface area contributed by atoms with Gasteiger partial charge < -0.3 is 4.90 Å². The predicted octanol–water partition coefficient (Wildman–Crippen LogP) is 3.63. The predicted molar refractivity (Wildman–Crippen MR) is 79.4 cm³/mol. The van der Waals surface area contributed by atoms with Gasteiger partial charge in [0.2, 0.25) is 0 Å². The average molecular weight is 259 g/mol. The third-order valence-electron chi connectivity index (χ3n) is 4.23. The summed E-state index contributed by atoms with van der Waals surface area (Å²) in [5.41, 5.74) is 0.851. The Hall–Kier alpha value is -1.15. The van der Waals surface area contributed by atoms with Crippen molar-refractivity contribution in [2.75, 3.05) is 19.6 Å². The minimum atomic E-state index is 0.278. The molecule has 1 saturated heterocycles. The Morgan fingerprint density at radius 3 is 2.68 bits per heavy atom. The van der Waals surface area contributed by atoms with Crippen molar-refractivity contribution in [2.45, 2.75) is 33.1 Å². The molecular formula is C17H25NO. The Bertz CT molecular complexity index is 399. The maximum absolute atomic E-state index is 12.0. The van der Waals surface area contributed by atoms with E-state index in [2.05, 4.69) is 18.7 Å². The maximum Gasteiger partial charge on any atom is 0.162 e. The molecule has 1 aliphatic heterocycles. The summed E-state index contributed by atoms with van der Waals surface area (Å²) in [4.78, 5) is 14.5. The molecule has 0 spiro atoms. The molecule has 0 N–H and O–H groups in total. The van der Waals surface area contributed by atoms with Crippen LogP contribution >= 0.6 is 0 Å². The van der Waals surface area contributed by atoms with Gasteiger partial charge in [-0.3, -0.25) is 4.79 Å². The minimum Gasteiger partial charge on any atom is -0.303 e. The molecule has 2 heteroatoms. The summed E-state index contributed by atoms with van der Waals surface area (Å²) >= 11 is 0. The summed E-state index contributed by atoms with van der Waals surface area (Å²) in [5, 5.41) is 0. The van der Waals surface area contributed by atoms with E-state index in [1.807, 2.05) is 30.3 Å². The third kappa shape index (κ3) is 4.17. The van der Waals surface area contributed by atoms with Crippen molar-refractivity contribution in [1.82, 2.24) is 4.90 Å². The molecule has 19 heavy (non-hydrogen) atoms. The summed E-state index contributed by atoms with van der Waals surface area (Å²) in [5.74, 6) is 1.92. The van der Waals surface area contributed by atoms with Crippen LogP contribution in [0.3, 0.4) is 0 Å². The summed E-state index contributed by atoms with van der Waals surface area (Å²) < 4.78 is 0. The number of likely N-dealkylation sites (tertiary alicyclic amines) is 1. The third-order valence-corrected chi connectivity index (χ3v) is 4.23. The quantitative estimate of drug-likeness (QED) is 0.727. The van der Waals surface area contributed by atoms with Crippen LogP contribution in [0.2, 0.25) is 0 Å². The number of carbonyl (C=O) groups excluding carboxylic acids is 1. The fourth-order valence-electron chi connectivity index (χ4n) is 2.84. The molecule has 1 aromatic rings. The standard InChI is InChI=1S/C17H25NO/c1-14(2)16-10-12-18(13-16)11-6-9-17(19)15-7-4-3-5-8-15/h3-5,7-8,14,16H,6,9-13H2,1-2H3. The molecule has 1 unspecified atom stereocenters. The topological polar surface area (TPSA) is 20.3 Å². The first kappa shape index (κ1) is 14.3. The van der Waals surface area contributed by atoms with Crippen molar-refractivity contribution in [3.05, 3.63) is 35.9 Å². The fraction of sp³-hybridized carbons (Fsp3) is 0.588. The van der Waals surface area contributed by atoms with Crippen LogP contribution in [-0.2, 0) is 0 Å². The Labute approximate surface area is 116 Å². The second-order valence-electron chi connectivity index (χ2n) is 5.99. The van der Waals surface area contributed by atoms with Crippen molar-refractivity contribution < 1.29 is 4.79 Å². The first-order valence-corrected chi connectivity index (χ1v) is 7.47. The van der Waals surface area contributed by atoms with Gasteiger partial charge in [-0.25, -0.2) is 0 Å². The Morgan fingerprint density at radius 1 is 1.32 bits per heavy atom. The van der Waals surface area contributed by atoms with Crippen molar-refractivity contribution in [3.63, 3.8) is 0 Å². The largest absolute Gasteiger partial charge is 0.303 e. The number of hydrogen-bond acceptors (Lipinski definition) is 2. The van der Waals surface area contributed by atoms with Gasteiger partial charge in [0, 0.05) is 18.5 Å². The fourth-order valence-corrected chi connectivity index (χ4v) is 2.84. The number of ketones is 1. The van der Waals surface area contributed by atoms with Crippen LogP contribution in [-0.4, -0.2) is 30.3 Å². The first-order chi connectivity index (χ1) is 9.16. The van der Waals surface area contributed by atoms with Gasteiger partial charge >= 0.3 is 0 Å². The molecule has 0 bridgehead atoms. The van der Waals surface area contributed by atoms with Gasteiger partial charge in [-0.2, -0.15) is 0 Å². The summed E-state index contributed by atoms with van der Waals surface area (Å²) in [7, 11) is 0. The Kier molecular flexibility index (Phi) is 5.15. The highest BCUT2D eigenvalue weighted by molar-refractivity contribution is 5.95. The molecule has 2 rings (SSSR count). The molecule has 1 atom stereocenters. The Morgan fingerprint density at radius 2 is 2.05 bits per heavy atom. The number of Topliss-reactive ketones (excluding diaryl/α,β-unsaturated/α-hetero) is 1. The normalized spacial score (nSPS) is 20.1. The molecule has 1 heterocycles. The molecule has 0 aliphatic carbocycles. The van der Waals surface area contributed by atoms with Crippen LogP contribution in [0.25, 0.3) is 0 Å². The van der Waals surface area contributed by atoms with Crippen LogP contribution in [0, 0.1) is 11.8 Å². The monoisotopic (exact) mass is 259 g/mol. The highest BCUT2D eigenvalue weighted by Gasteiger charge is 2.24. The van der Waals surface area contributed by atoms with E-state index in [4.69, 9.17) is 0 Å². The molecule has 104 valence electrons. The summed E-state index contributed by atoms with van der Waals surface area (Å²) in [6, 6.07) is 9.63. The lowest BCUT2D eigenvalue weighted by molar-refractivity contribution is 0.0976.